The Hall–Kier alpha value is -2.42. The van der Waals surface area contributed by atoms with E-state index < -0.39 is 0 Å². The first kappa shape index (κ1) is 9.59. The number of nitrogens with one attached hydrogen (secondary N) is 1. The van der Waals surface area contributed by atoms with Crippen LogP contribution in [0.25, 0.3) is 5.57 Å². The Morgan fingerprint density at radius 1 is 1.06 bits per heavy atom. The largest absolute Gasteiger partial charge is 0.379 e. The first-order valence-corrected chi connectivity index (χ1v) is 5.92. The van der Waals surface area contributed by atoms with Crippen LogP contribution in [0.4, 0.5) is 11.4 Å². The molecule has 0 amide bonds. The first-order chi connectivity index (χ1) is 8.88. The molecule has 3 heteroatoms. The molecular weight excluding hydrogens is 224 g/mol. The predicted octanol–water partition coefficient (Wildman–Crippen LogP) is 1.01. The van der Waals surface area contributed by atoms with Crippen LogP contribution in [-0.4, -0.2) is 12.8 Å². The summed E-state index contributed by atoms with van der Waals surface area (Å²) in [6, 6.07) is 12.2. The zero-order valence-electron chi connectivity index (χ0n) is 9.60. The van der Waals surface area contributed by atoms with Crippen molar-refractivity contribution in [2.45, 2.75) is 0 Å². The second-order valence-electron chi connectivity index (χ2n) is 4.51. The molecule has 3 nitrogen and oxygen atoms in total. The smallest absolute Gasteiger partial charge is 0.148 e. The van der Waals surface area contributed by atoms with Gasteiger partial charge in [0, 0.05) is 27.8 Å². The normalized spacial score (nSPS) is 14.3. The molecule has 2 aromatic carbocycles. The third-order valence-electron chi connectivity index (χ3n) is 3.55. The fourth-order valence-corrected chi connectivity index (χ4v) is 2.67. The van der Waals surface area contributed by atoms with Crippen molar-refractivity contribution in [1.29, 1.82) is 0 Å². The molecule has 2 aromatic rings. The molecule has 0 aliphatic carbocycles. The van der Waals surface area contributed by atoms with Gasteiger partial charge in [0.05, 0.1) is 16.7 Å². The van der Waals surface area contributed by atoms with Crippen LogP contribution >= 0.6 is 0 Å². The van der Waals surface area contributed by atoms with Crippen LogP contribution in [0, 0.1) is 10.4 Å². The van der Waals surface area contributed by atoms with Crippen molar-refractivity contribution >= 4 is 23.2 Å². The lowest BCUT2D eigenvalue weighted by Gasteiger charge is -2.00. The molecule has 18 heavy (non-hydrogen) atoms. The molecule has 0 atom stereocenters. The quantitative estimate of drug-likeness (QED) is 0.638. The van der Waals surface area contributed by atoms with E-state index in [2.05, 4.69) is 22.4 Å². The van der Waals surface area contributed by atoms with Gasteiger partial charge >= 0.3 is 0 Å². The molecule has 0 spiro atoms. The van der Waals surface area contributed by atoms with Crippen molar-refractivity contribution < 1.29 is 4.79 Å². The van der Waals surface area contributed by atoms with Crippen LogP contribution in [0.2, 0.25) is 0 Å². The maximum Gasteiger partial charge on any atom is 0.148 e. The number of benzene rings is 2. The van der Waals surface area contributed by atoms with Crippen LogP contribution in [0.1, 0.15) is 0 Å². The van der Waals surface area contributed by atoms with Crippen molar-refractivity contribution in [3.63, 3.8) is 0 Å². The Balaban J connectivity index is 2.24. The summed E-state index contributed by atoms with van der Waals surface area (Å²) in [4.78, 5) is 15.6. The standard InChI is InChI=1S/C15H10N2O/c18-8-9-7-16-14-10(9)5-6-12-11-3-1-2-4-13(11)17-15(12)14/h1-6,8,16H,7H2. The summed E-state index contributed by atoms with van der Waals surface area (Å²) in [5.41, 5.74) is 2.76. The zero-order chi connectivity index (χ0) is 12.1. The molecule has 0 aromatic heterocycles. The monoisotopic (exact) mass is 234 g/mol. The fraction of sp³-hybridized carbons (Fsp3) is 0.0667. The second-order valence-corrected chi connectivity index (χ2v) is 4.51. The number of rotatable bonds is 1. The van der Waals surface area contributed by atoms with Gasteiger partial charge in [0.15, 0.2) is 0 Å². The Kier molecular flexibility index (Phi) is 1.75. The number of carbonyl (C=O) groups excluding carboxylic acids is 1. The average Bonchev–Trinajstić information content (AvgIpc) is 2.99. The van der Waals surface area contributed by atoms with Gasteiger partial charge in [-0.05, 0) is 6.07 Å². The van der Waals surface area contributed by atoms with E-state index in [-0.39, 0.29) is 0 Å². The zero-order valence-corrected chi connectivity index (χ0v) is 9.60. The highest BCUT2D eigenvalue weighted by atomic mass is 16.1. The minimum absolute atomic E-state index is 0.598. The summed E-state index contributed by atoms with van der Waals surface area (Å²) in [6.45, 7) is 0.598. The molecule has 0 saturated heterocycles. The summed E-state index contributed by atoms with van der Waals surface area (Å²) >= 11 is 0. The lowest BCUT2D eigenvalue weighted by molar-refractivity contribution is -0.103. The van der Waals surface area contributed by atoms with Gasteiger partial charge < -0.3 is 5.32 Å². The van der Waals surface area contributed by atoms with E-state index in [1.807, 2.05) is 24.3 Å². The topological polar surface area (TPSA) is 41.5 Å². The van der Waals surface area contributed by atoms with Crippen LogP contribution in [0.5, 0.6) is 0 Å². The van der Waals surface area contributed by atoms with E-state index in [4.69, 9.17) is 0 Å². The van der Waals surface area contributed by atoms with E-state index in [9.17, 15) is 4.79 Å². The van der Waals surface area contributed by atoms with Crippen LogP contribution < -0.4 is 15.9 Å². The van der Waals surface area contributed by atoms with Gasteiger partial charge in [0.25, 0.3) is 0 Å². The average molecular weight is 234 g/mol. The van der Waals surface area contributed by atoms with E-state index in [0.717, 1.165) is 44.2 Å². The number of para-hydroxylation sites is 1. The maximum atomic E-state index is 11.0. The van der Waals surface area contributed by atoms with E-state index in [0.29, 0.717) is 6.54 Å². The Morgan fingerprint density at radius 2 is 1.89 bits per heavy atom. The number of anilines is 1. The first-order valence-electron chi connectivity index (χ1n) is 5.92. The van der Waals surface area contributed by atoms with Crippen molar-refractivity contribution in [2.75, 3.05) is 11.9 Å². The second kappa shape index (κ2) is 3.29. The Labute approximate surface area is 103 Å². The number of hydrogen-bond donors (Lipinski definition) is 1. The molecule has 2 heterocycles. The van der Waals surface area contributed by atoms with E-state index in [1.54, 1.807) is 0 Å². The van der Waals surface area contributed by atoms with Gasteiger partial charge in [-0.1, -0.05) is 30.3 Å². The van der Waals surface area contributed by atoms with Crippen molar-refractivity contribution in [1.82, 2.24) is 0 Å². The molecule has 86 valence electrons. The van der Waals surface area contributed by atoms with Crippen molar-refractivity contribution in [3.8, 4) is 0 Å². The van der Waals surface area contributed by atoms with Gasteiger partial charge in [-0.25, -0.2) is 4.99 Å². The molecule has 0 radical (unpaired) electrons. The van der Waals surface area contributed by atoms with Gasteiger partial charge in [-0.15, -0.1) is 0 Å². The van der Waals surface area contributed by atoms with Gasteiger partial charge in [0.1, 0.15) is 6.29 Å². The number of aldehydes is 1. The molecule has 0 unspecified atom stereocenters. The number of fused-ring (bicyclic) bond motifs is 4. The van der Waals surface area contributed by atoms with Crippen LogP contribution in [0.3, 0.4) is 0 Å². The number of nitrogens with zero attached hydrogens (tertiary/aromatic N) is 1. The predicted molar refractivity (Wildman–Crippen MR) is 69.0 cm³/mol. The Morgan fingerprint density at radius 3 is 2.78 bits per heavy atom. The lowest BCUT2D eigenvalue weighted by Crippen LogP contribution is -2.02. The summed E-state index contributed by atoms with van der Waals surface area (Å²) in [5.74, 6) is 0. The summed E-state index contributed by atoms with van der Waals surface area (Å²) < 4.78 is 0. The summed E-state index contributed by atoms with van der Waals surface area (Å²) in [6.07, 6.45) is 0.924. The Bertz CT molecular complexity index is 897. The molecule has 0 fully saturated rings. The highest BCUT2D eigenvalue weighted by molar-refractivity contribution is 6.04. The van der Waals surface area contributed by atoms with Gasteiger partial charge in [0.2, 0.25) is 0 Å². The molecule has 4 rings (SSSR count). The lowest BCUT2D eigenvalue weighted by atomic mass is 10.1. The van der Waals surface area contributed by atoms with Crippen molar-refractivity contribution in [2.24, 2.45) is 4.99 Å². The molecule has 1 N–H and O–H groups in total. The fourth-order valence-electron chi connectivity index (χ4n) is 2.67. The molecule has 0 saturated carbocycles. The minimum Gasteiger partial charge on any atom is -0.379 e. The van der Waals surface area contributed by atoms with E-state index >= 15 is 0 Å². The summed E-state index contributed by atoms with van der Waals surface area (Å²) in [7, 11) is 0. The van der Waals surface area contributed by atoms with Crippen molar-refractivity contribution in [3.05, 3.63) is 57.4 Å². The molecule has 0 bridgehead atoms. The minimum atomic E-state index is 0.598. The van der Waals surface area contributed by atoms with E-state index in [1.165, 1.54) is 0 Å². The third kappa shape index (κ3) is 1.08. The highest BCUT2D eigenvalue weighted by Crippen LogP contribution is 2.27. The maximum absolute atomic E-state index is 11.0. The van der Waals surface area contributed by atoms with Gasteiger partial charge in [-0.3, -0.25) is 4.79 Å². The molecule has 2 aliphatic rings. The van der Waals surface area contributed by atoms with Crippen LogP contribution in [-0.2, 0) is 4.79 Å². The number of carbonyl (C=O) groups is 1. The molecule has 2 aliphatic heterocycles. The SMILES string of the molecule is O=CC1=c2ccc3c(c2NC1)N=c1ccccc1=3. The highest BCUT2D eigenvalue weighted by Gasteiger charge is 2.16. The molecular formula is C15H10N2O. The number of hydrogen-bond acceptors (Lipinski definition) is 3. The van der Waals surface area contributed by atoms with Gasteiger partial charge in [-0.2, -0.15) is 0 Å². The third-order valence-corrected chi connectivity index (χ3v) is 3.55. The summed E-state index contributed by atoms with van der Waals surface area (Å²) in [5, 5.41) is 7.57. The van der Waals surface area contributed by atoms with Crippen LogP contribution in [0.15, 0.2) is 41.4 Å².